The van der Waals surface area contributed by atoms with Gasteiger partial charge in [0, 0.05) is 0 Å². The third-order valence-electron chi connectivity index (χ3n) is 0. The van der Waals surface area contributed by atoms with E-state index in [1.807, 2.05) is 0 Å². The van der Waals surface area contributed by atoms with Crippen molar-refractivity contribution >= 4 is 17.4 Å². The van der Waals surface area contributed by atoms with Crippen LogP contribution in [0.5, 0.6) is 0 Å². The van der Waals surface area contributed by atoms with E-state index in [-0.39, 0.29) is 5.48 Å². The van der Waals surface area contributed by atoms with Gasteiger partial charge in [-0.05, 0) is 9.13 Å². The van der Waals surface area contributed by atoms with Crippen LogP contribution in [0.3, 0.4) is 0 Å². The van der Waals surface area contributed by atoms with E-state index < -0.39 is 17.4 Å². The SMILES string of the molecule is O.O=[PH+]O.O=[PH+]O. The molecule has 7 heteroatoms. The molecule has 0 amide bonds. The molecule has 7 heavy (non-hydrogen) atoms. The van der Waals surface area contributed by atoms with Gasteiger partial charge in [0.25, 0.3) is 0 Å². The molecule has 4 N–H and O–H groups in total. The van der Waals surface area contributed by atoms with Gasteiger partial charge in [-0.25, -0.2) is 0 Å². The lowest BCUT2D eigenvalue weighted by Crippen LogP contribution is -1.03. The predicted octanol–water partition coefficient (Wildman–Crippen LogP) is -0.989. The Labute approximate surface area is 42.9 Å². The Morgan fingerprint density at radius 1 is 1.00 bits per heavy atom. The van der Waals surface area contributed by atoms with Gasteiger partial charge in [-0.15, -0.1) is 0 Å². The molecule has 0 saturated heterocycles. The van der Waals surface area contributed by atoms with Crippen LogP contribution in [-0.2, 0) is 9.13 Å². The van der Waals surface area contributed by atoms with Gasteiger partial charge >= 0.3 is 17.4 Å². The second-order valence-corrected chi connectivity index (χ2v) is 0.548. The topological polar surface area (TPSA) is 106 Å². The minimum atomic E-state index is -1.17. The van der Waals surface area contributed by atoms with E-state index in [2.05, 4.69) is 0 Å². The summed E-state index contributed by atoms with van der Waals surface area (Å²) in [6.07, 6.45) is 0. The van der Waals surface area contributed by atoms with Crippen LogP contribution in [0, 0.1) is 0 Å². The minimum Gasteiger partial charge on any atom is -0.412 e. The van der Waals surface area contributed by atoms with Gasteiger partial charge in [0.2, 0.25) is 0 Å². The van der Waals surface area contributed by atoms with Crippen LogP contribution < -0.4 is 0 Å². The molecule has 0 aliphatic heterocycles. The predicted molar refractivity (Wildman–Crippen MR) is 26.1 cm³/mol. The van der Waals surface area contributed by atoms with Crippen LogP contribution >= 0.6 is 17.4 Å². The van der Waals surface area contributed by atoms with Crippen molar-refractivity contribution in [3.63, 3.8) is 0 Å². The molecule has 0 rings (SSSR count). The molecule has 0 radical (unpaired) electrons. The normalized spacial score (nSPS) is 6.00. The summed E-state index contributed by atoms with van der Waals surface area (Å²) in [5, 5.41) is 0. The van der Waals surface area contributed by atoms with Crippen LogP contribution in [0.15, 0.2) is 0 Å². The second kappa shape index (κ2) is 36.3. The number of hydrogen-bond acceptors (Lipinski definition) is 2. The smallest absolute Gasteiger partial charge is 0.412 e. The number of hydrogen-bond donors (Lipinski definition) is 2. The summed E-state index contributed by atoms with van der Waals surface area (Å²) < 4.78 is 17.0. The van der Waals surface area contributed by atoms with E-state index in [0.717, 1.165) is 0 Å². The third-order valence-corrected chi connectivity index (χ3v) is 0. The average Bonchev–Trinajstić information content (AvgIpc) is 1.39. The highest BCUT2D eigenvalue weighted by Crippen LogP contribution is 1.66. The third kappa shape index (κ3) is 15800. The molecule has 0 aliphatic rings. The Bertz CT molecular complexity index is 27.1. The summed E-state index contributed by atoms with van der Waals surface area (Å²) in [5.74, 6) is 0. The van der Waals surface area contributed by atoms with E-state index in [9.17, 15) is 0 Å². The maximum Gasteiger partial charge on any atom is 0.491 e. The van der Waals surface area contributed by atoms with E-state index in [0.29, 0.717) is 0 Å². The summed E-state index contributed by atoms with van der Waals surface area (Å²) in [7, 11) is -2.33. The van der Waals surface area contributed by atoms with Crippen molar-refractivity contribution in [1.29, 1.82) is 0 Å². The first-order chi connectivity index (χ1) is 2.83. The van der Waals surface area contributed by atoms with Gasteiger partial charge in [0.1, 0.15) is 0 Å². The second-order valence-electron chi connectivity index (χ2n) is 0.183. The first kappa shape index (κ1) is 15.7. The van der Waals surface area contributed by atoms with Crippen LogP contribution in [0.1, 0.15) is 0 Å². The van der Waals surface area contributed by atoms with Crippen molar-refractivity contribution in [3.8, 4) is 0 Å². The summed E-state index contributed by atoms with van der Waals surface area (Å²) in [6.45, 7) is 0. The van der Waals surface area contributed by atoms with Crippen molar-refractivity contribution in [3.05, 3.63) is 0 Å². The maximum atomic E-state index is 8.51. The fraction of sp³-hybridized carbons (Fsp3) is 0. The first-order valence-corrected chi connectivity index (χ1v) is 2.57. The van der Waals surface area contributed by atoms with E-state index in [4.69, 9.17) is 18.9 Å². The zero-order chi connectivity index (χ0) is 5.41. The molecular weight excluding hydrogens is 142 g/mol. The van der Waals surface area contributed by atoms with Crippen molar-refractivity contribution in [2.45, 2.75) is 0 Å². The molecule has 0 bridgehead atoms. The van der Waals surface area contributed by atoms with Crippen molar-refractivity contribution < 1.29 is 24.4 Å². The summed E-state index contributed by atoms with van der Waals surface area (Å²) in [5.41, 5.74) is 0. The molecule has 0 fully saturated rings. The molecule has 0 aliphatic carbocycles. The molecule has 0 heterocycles. The Morgan fingerprint density at radius 2 is 1.00 bits per heavy atom. The standard InChI is InChI=1S/2HO2P.H2O/c2*1-3-2;/h2*3H;1H2/p+2. The highest BCUT2D eigenvalue weighted by Gasteiger charge is 1.45. The lowest BCUT2D eigenvalue weighted by Gasteiger charge is -1.08. The van der Waals surface area contributed by atoms with Crippen LogP contribution in [-0.4, -0.2) is 15.3 Å². The van der Waals surface area contributed by atoms with Crippen molar-refractivity contribution in [2.75, 3.05) is 0 Å². The van der Waals surface area contributed by atoms with E-state index in [1.54, 1.807) is 0 Å². The summed E-state index contributed by atoms with van der Waals surface area (Å²) >= 11 is 0. The zero-order valence-corrected chi connectivity index (χ0v) is 5.21. The number of rotatable bonds is 0. The molecule has 2 unspecified atom stereocenters. The Hall–Kier alpha value is 0.0800. The average molecular weight is 148 g/mol. The van der Waals surface area contributed by atoms with Gasteiger partial charge in [0.05, 0.1) is 0 Å². The van der Waals surface area contributed by atoms with Gasteiger partial charge in [-0.3, -0.25) is 0 Å². The fourth-order valence-electron chi connectivity index (χ4n) is 0. The van der Waals surface area contributed by atoms with E-state index in [1.165, 1.54) is 0 Å². The highest BCUT2D eigenvalue weighted by molar-refractivity contribution is 7.16. The molecule has 5 nitrogen and oxygen atoms in total. The molecule has 0 aromatic heterocycles. The zero-order valence-electron chi connectivity index (χ0n) is 3.21. The van der Waals surface area contributed by atoms with Crippen LogP contribution in [0.4, 0.5) is 0 Å². The molecule has 0 spiro atoms. The first-order valence-electron chi connectivity index (χ1n) is 0.855. The maximum absolute atomic E-state index is 8.51. The summed E-state index contributed by atoms with van der Waals surface area (Å²) in [6, 6.07) is 0. The molecule has 44 valence electrons. The fourth-order valence-corrected chi connectivity index (χ4v) is 0. The molecule has 0 saturated carbocycles. The Kier molecular flexibility index (Phi) is 81.5. The molecule has 0 aromatic carbocycles. The Balaban J connectivity index is -0.0000000400. The lowest BCUT2D eigenvalue weighted by atomic mass is 15.9. The van der Waals surface area contributed by atoms with Gasteiger partial charge in [-0.2, -0.15) is 9.79 Å². The molecule has 0 aromatic rings. The molecular formula is H6O5P2+2. The summed E-state index contributed by atoms with van der Waals surface area (Å²) in [4.78, 5) is 14.1. The van der Waals surface area contributed by atoms with Crippen molar-refractivity contribution in [2.24, 2.45) is 0 Å². The minimum absolute atomic E-state index is 0. The highest BCUT2D eigenvalue weighted by atomic mass is 31.1. The van der Waals surface area contributed by atoms with E-state index >= 15 is 0 Å². The molecule has 2 atom stereocenters. The Morgan fingerprint density at radius 3 is 1.00 bits per heavy atom. The quantitative estimate of drug-likeness (QED) is 0.430. The van der Waals surface area contributed by atoms with Gasteiger partial charge in [-0.1, -0.05) is 0 Å². The lowest BCUT2D eigenvalue weighted by molar-refractivity contribution is 0.523. The van der Waals surface area contributed by atoms with Crippen molar-refractivity contribution in [1.82, 2.24) is 0 Å². The monoisotopic (exact) mass is 148 g/mol. The van der Waals surface area contributed by atoms with Crippen LogP contribution in [0.2, 0.25) is 0 Å². The largest absolute Gasteiger partial charge is 0.491 e. The van der Waals surface area contributed by atoms with Gasteiger partial charge in [0.15, 0.2) is 0 Å². The van der Waals surface area contributed by atoms with Crippen LogP contribution in [0.25, 0.3) is 0 Å². The van der Waals surface area contributed by atoms with Gasteiger partial charge < -0.3 is 5.48 Å².